The molecular weight excluding hydrogens is 375 g/mol. The number of halogens is 1. The van der Waals surface area contributed by atoms with Crippen molar-refractivity contribution in [3.05, 3.63) is 83.7 Å². The number of amides is 2. The largest absolute Gasteiger partial charge is 0.394 e. The minimum absolute atomic E-state index is 0.102. The summed E-state index contributed by atoms with van der Waals surface area (Å²) >= 11 is 0. The molecule has 152 valence electrons. The third-order valence-corrected chi connectivity index (χ3v) is 4.57. The highest BCUT2D eigenvalue weighted by Gasteiger charge is 2.29. The first-order valence-corrected chi connectivity index (χ1v) is 9.37. The average molecular weight is 398 g/mol. The molecule has 3 N–H and O–H groups in total. The number of benzene rings is 2. The molecule has 2 amide bonds. The minimum Gasteiger partial charge on any atom is -0.394 e. The molecule has 1 heterocycles. The van der Waals surface area contributed by atoms with E-state index in [1.54, 1.807) is 12.2 Å². The lowest BCUT2D eigenvalue weighted by Gasteiger charge is -2.31. The number of carbonyl (C=O) groups is 2. The summed E-state index contributed by atoms with van der Waals surface area (Å²) in [5, 5.41) is 15.2. The van der Waals surface area contributed by atoms with Crippen LogP contribution in [0, 0.1) is 5.82 Å². The first-order chi connectivity index (χ1) is 14.0. The average Bonchev–Trinajstić information content (AvgIpc) is 2.74. The Morgan fingerprint density at radius 2 is 1.86 bits per heavy atom. The maximum atomic E-state index is 13.3. The van der Waals surface area contributed by atoms with Gasteiger partial charge in [-0.15, -0.1) is 0 Å². The van der Waals surface area contributed by atoms with Crippen molar-refractivity contribution >= 4 is 11.8 Å². The van der Waals surface area contributed by atoms with E-state index in [9.17, 15) is 19.1 Å². The molecule has 0 unspecified atom stereocenters. The van der Waals surface area contributed by atoms with Crippen LogP contribution in [0.3, 0.4) is 0 Å². The molecule has 1 aliphatic heterocycles. The van der Waals surface area contributed by atoms with E-state index in [-0.39, 0.29) is 24.5 Å². The highest BCUT2D eigenvalue weighted by molar-refractivity contribution is 5.94. The van der Waals surface area contributed by atoms with E-state index in [0.717, 1.165) is 11.6 Å². The Hall–Kier alpha value is -3.03. The molecule has 2 aromatic rings. The van der Waals surface area contributed by atoms with Crippen molar-refractivity contribution in [1.82, 2.24) is 10.6 Å². The van der Waals surface area contributed by atoms with Crippen LogP contribution in [0.4, 0.5) is 4.39 Å². The lowest BCUT2D eigenvalue weighted by atomic mass is 10.0. The number of hydrogen-bond acceptors (Lipinski definition) is 4. The summed E-state index contributed by atoms with van der Waals surface area (Å²) in [7, 11) is 0. The minimum atomic E-state index is -0.704. The summed E-state index contributed by atoms with van der Waals surface area (Å²) in [6, 6.07) is 14.3. The molecule has 6 nitrogen and oxygen atoms in total. The van der Waals surface area contributed by atoms with Gasteiger partial charge in [-0.25, -0.2) is 4.39 Å². The normalized spacial score (nSPS) is 20.8. The highest BCUT2D eigenvalue weighted by atomic mass is 19.1. The van der Waals surface area contributed by atoms with Crippen molar-refractivity contribution in [1.29, 1.82) is 0 Å². The summed E-state index contributed by atoms with van der Waals surface area (Å²) < 4.78 is 19.0. The lowest BCUT2D eigenvalue weighted by Crippen LogP contribution is -2.49. The van der Waals surface area contributed by atoms with E-state index < -0.39 is 30.0 Å². The second-order valence-corrected chi connectivity index (χ2v) is 6.76. The summed E-state index contributed by atoms with van der Waals surface area (Å²) in [6.07, 6.45) is 2.26. The fourth-order valence-corrected chi connectivity index (χ4v) is 3.05. The van der Waals surface area contributed by atoms with Gasteiger partial charge in [0.05, 0.1) is 25.2 Å². The summed E-state index contributed by atoms with van der Waals surface area (Å²) in [5.74, 6) is -1.16. The van der Waals surface area contributed by atoms with Gasteiger partial charge in [-0.1, -0.05) is 48.6 Å². The number of aliphatic hydroxyl groups excluding tert-OH is 1. The number of carbonyl (C=O) groups excluding carboxylic acids is 2. The van der Waals surface area contributed by atoms with Crippen LogP contribution in [0.15, 0.2) is 66.7 Å². The number of hydrogen-bond donors (Lipinski definition) is 3. The molecule has 0 saturated heterocycles. The van der Waals surface area contributed by atoms with Gasteiger partial charge < -0.3 is 20.5 Å². The number of aliphatic hydroxyl groups is 1. The van der Waals surface area contributed by atoms with E-state index >= 15 is 0 Å². The summed E-state index contributed by atoms with van der Waals surface area (Å²) in [4.78, 5) is 24.5. The highest BCUT2D eigenvalue weighted by Crippen LogP contribution is 2.16. The summed E-state index contributed by atoms with van der Waals surface area (Å²) in [6.45, 7) is 0.0897. The van der Waals surface area contributed by atoms with Crippen molar-refractivity contribution in [2.24, 2.45) is 0 Å². The Bertz CT molecular complexity index is 872. The quantitative estimate of drug-likeness (QED) is 0.622. The molecule has 0 fully saturated rings. The van der Waals surface area contributed by atoms with E-state index in [0.29, 0.717) is 6.54 Å². The van der Waals surface area contributed by atoms with Crippen LogP contribution in [-0.4, -0.2) is 41.8 Å². The fraction of sp³-hybridized carbons (Fsp3) is 0.273. The molecule has 3 rings (SSSR count). The Morgan fingerprint density at radius 3 is 2.59 bits per heavy atom. The molecule has 0 bridgehead atoms. The number of nitrogens with one attached hydrogen (secondary N) is 2. The smallest absolute Gasteiger partial charge is 0.251 e. The third-order valence-electron chi connectivity index (χ3n) is 4.57. The predicted octanol–water partition coefficient (Wildman–Crippen LogP) is 1.95. The van der Waals surface area contributed by atoms with Crippen molar-refractivity contribution in [2.45, 2.75) is 31.2 Å². The van der Waals surface area contributed by atoms with Crippen LogP contribution in [0.25, 0.3) is 0 Å². The second-order valence-electron chi connectivity index (χ2n) is 6.76. The molecule has 2 aromatic carbocycles. The molecule has 0 aromatic heterocycles. The Labute approximate surface area is 168 Å². The van der Waals surface area contributed by atoms with Crippen LogP contribution in [0.2, 0.25) is 0 Å². The van der Waals surface area contributed by atoms with Crippen LogP contribution in [-0.2, 0) is 16.1 Å². The first kappa shape index (κ1) is 20.7. The van der Waals surface area contributed by atoms with Crippen LogP contribution in [0.5, 0.6) is 0 Å². The maximum Gasteiger partial charge on any atom is 0.251 e. The van der Waals surface area contributed by atoms with Gasteiger partial charge >= 0.3 is 0 Å². The van der Waals surface area contributed by atoms with Gasteiger partial charge in [0.15, 0.2) is 0 Å². The zero-order valence-corrected chi connectivity index (χ0v) is 15.8. The van der Waals surface area contributed by atoms with Gasteiger partial charge in [0.25, 0.3) is 5.91 Å². The van der Waals surface area contributed by atoms with Crippen molar-refractivity contribution in [2.75, 3.05) is 6.61 Å². The number of ether oxygens (including phenoxy) is 1. The maximum absolute atomic E-state index is 13.3. The van der Waals surface area contributed by atoms with Crippen LogP contribution in [0.1, 0.15) is 22.3 Å². The van der Waals surface area contributed by atoms with E-state index in [1.807, 2.05) is 30.3 Å². The van der Waals surface area contributed by atoms with Gasteiger partial charge in [-0.05, 0) is 23.8 Å². The van der Waals surface area contributed by atoms with Crippen molar-refractivity contribution < 1.29 is 23.8 Å². The zero-order chi connectivity index (χ0) is 20.6. The Morgan fingerprint density at radius 1 is 1.07 bits per heavy atom. The molecular formula is C22H23FN2O4. The van der Waals surface area contributed by atoms with Crippen LogP contribution >= 0.6 is 0 Å². The lowest BCUT2D eigenvalue weighted by molar-refractivity contribution is -0.125. The second kappa shape index (κ2) is 9.95. The monoisotopic (exact) mass is 398 g/mol. The molecule has 0 aliphatic carbocycles. The van der Waals surface area contributed by atoms with Gasteiger partial charge in [0, 0.05) is 12.1 Å². The third kappa shape index (κ3) is 5.97. The first-order valence-electron chi connectivity index (χ1n) is 9.37. The van der Waals surface area contributed by atoms with Gasteiger partial charge in [0.1, 0.15) is 11.9 Å². The van der Waals surface area contributed by atoms with Gasteiger partial charge in [-0.3, -0.25) is 9.59 Å². The standard InChI is InChI=1S/C22H23FN2O4/c23-17-8-4-7-16(11-17)22(28)25-19-10-9-18(29-20(19)14-26)12-21(27)24-13-15-5-2-1-3-6-15/h1-11,18-20,26H,12-14H2,(H,24,27)(H,25,28)/t18-,19-,20-/m1/s1. The molecule has 1 aliphatic rings. The zero-order valence-electron chi connectivity index (χ0n) is 15.8. The summed E-state index contributed by atoms with van der Waals surface area (Å²) in [5.41, 5.74) is 1.17. The van der Waals surface area contributed by atoms with E-state index in [1.165, 1.54) is 18.2 Å². The molecule has 7 heteroatoms. The van der Waals surface area contributed by atoms with Crippen molar-refractivity contribution in [3.8, 4) is 0 Å². The van der Waals surface area contributed by atoms with E-state index in [4.69, 9.17) is 4.74 Å². The molecule has 0 spiro atoms. The molecule has 0 radical (unpaired) electrons. The fourth-order valence-electron chi connectivity index (χ4n) is 3.05. The van der Waals surface area contributed by atoms with Crippen molar-refractivity contribution in [3.63, 3.8) is 0 Å². The topological polar surface area (TPSA) is 87.7 Å². The van der Waals surface area contributed by atoms with Gasteiger partial charge in [-0.2, -0.15) is 0 Å². The Balaban J connectivity index is 1.53. The van der Waals surface area contributed by atoms with Gasteiger partial charge in [0.2, 0.25) is 5.91 Å². The molecule has 29 heavy (non-hydrogen) atoms. The molecule has 3 atom stereocenters. The number of rotatable bonds is 7. The SMILES string of the molecule is O=C(C[C@H]1C=C[C@@H](NC(=O)c2cccc(F)c2)[C@@H](CO)O1)NCc1ccccc1. The van der Waals surface area contributed by atoms with Crippen LogP contribution < -0.4 is 10.6 Å². The van der Waals surface area contributed by atoms with E-state index in [2.05, 4.69) is 10.6 Å². The molecule has 0 saturated carbocycles. The Kier molecular flexibility index (Phi) is 7.10. The predicted molar refractivity (Wildman–Crippen MR) is 105 cm³/mol.